The first-order valence-corrected chi connectivity index (χ1v) is 6.40. The number of carbonyl (C=O) groups is 1. The average molecular weight is 335 g/mol. The number of benzene rings is 1. The molecule has 0 aliphatic carbocycles. The summed E-state index contributed by atoms with van der Waals surface area (Å²) in [6.07, 6.45) is 0. The van der Waals surface area contributed by atoms with E-state index in [4.69, 9.17) is 0 Å². The zero-order chi connectivity index (χ0) is 11.4. The molecule has 0 heterocycles. The van der Waals surface area contributed by atoms with Crippen LogP contribution >= 0.6 is 31.9 Å². The van der Waals surface area contributed by atoms with Crippen LogP contribution < -0.4 is 5.32 Å². The number of aryl methyl sites for hydroxylation is 1. The number of nitrogens with one attached hydrogen (secondary N) is 1. The zero-order valence-electron chi connectivity index (χ0n) is 8.68. The van der Waals surface area contributed by atoms with Crippen molar-refractivity contribution in [3.63, 3.8) is 0 Å². The number of carbonyl (C=O) groups excluding carboxylic acids is 1. The molecule has 0 aromatic heterocycles. The van der Waals surface area contributed by atoms with Crippen molar-refractivity contribution in [2.45, 2.75) is 18.7 Å². The largest absolute Gasteiger partial charge is 0.351 e. The Morgan fingerprint density at radius 2 is 2.20 bits per heavy atom. The fourth-order valence-corrected chi connectivity index (χ4v) is 1.69. The Kier molecular flexibility index (Phi) is 4.80. The predicted octanol–water partition coefficient (Wildman–Crippen LogP) is 3.27. The Morgan fingerprint density at radius 1 is 1.53 bits per heavy atom. The van der Waals surface area contributed by atoms with E-state index in [0.29, 0.717) is 6.54 Å². The van der Waals surface area contributed by atoms with Crippen molar-refractivity contribution in [2.75, 3.05) is 6.54 Å². The van der Waals surface area contributed by atoms with Crippen LogP contribution in [-0.2, 0) is 0 Å². The summed E-state index contributed by atoms with van der Waals surface area (Å²) in [4.78, 5) is 12.1. The average Bonchev–Trinajstić information content (AvgIpc) is 2.18. The molecule has 0 aliphatic rings. The molecule has 2 nitrogen and oxygen atoms in total. The van der Waals surface area contributed by atoms with Gasteiger partial charge >= 0.3 is 0 Å². The molecule has 1 unspecified atom stereocenters. The van der Waals surface area contributed by atoms with E-state index in [0.717, 1.165) is 15.6 Å². The molecule has 15 heavy (non-hydrogen) atoms. The Bertz CT molecular complexity index is 364. The van der Waals surface area contributed by atoms with Crippen molar-refractivity contribution >= 4 is 37.8 Å². The molecule has 4 heteroatoms. The minimum absolute atomic E-state index is 0.0277. The van der Waals surface area contributed by atoms with E-state index in [9.17, 15) is 4.79 Å². The fraction of sp³-hybridized carbons (Fsp3) is 0.364. The Balaban J connectivity index is 2.77. The summed E-state index contributed by atoms with van der Waals surface area (Å²) in [7, 11) is 0. The van der Waals surface area contributed by atoms with E-state index < -0.39 is 0 Å². The van der Waals surface area contributed by atoms with Crippen LogP contribution in [-0.4, -0.2) is 17.3 Å². The highest BCUT2D eigenvalue weighted by atomic mass is 79.9. The van der Waals surface area contributed by atoms with Gasteiger partial charge in [-0.2, -0.15) is 0 Å². The second kappa shape index (κ2) is 5.66. The van der Waals surface area contributed by atoms with Crippen molar-refractivity contribution in [3.05, 3.63) is 33.8 Å². The van der Waals surface area contributed by atoms with Gasteiger partial charge in [-0.25, -0.2) is 0 Å². The number of amides is 1. The second-order valence-corrected chi connectivity index (χ2v) is 5.93. The molecule has 1 N–H and O–H groups in total. The van der Waals surface area contributed by atoms with Crippen LogP contribution in [0, 0.1) is 6.92 Å². The third-order valence-electron chi connectivity index (χ3n) is 1.99. The van der Waals surface area contributed by atoms with Crippen LogP contribution in [0.15, 0.2) is 22.7 Å². The van der Waals surface area contributed by atoms with E-state index in [2.05, 4.69) is 37.2 Å². The summed E-state index contributed by atoms with van der Waals surface area (Å²) in [5.41, 5.74) is 1.70. The van der Waals surface area contributed by atoms with Crippen LogP contribution in [0.5, 0.6) is 0 Å². The molecule has 1 aromatic carbocycles. The highest BCUT2D eigenvalue weighted by Crippen LogP contribution is 2.15. The van der Waals surface area contributed by atoms with Gasteiger partial charge in [0.2, 0.25) is 0 Å². The molecule has 0 spiro atoms. The summed E-state index contributed by atoms with van der Waals surface area (Å²) < 4.78 is 0.921. The van der Waals surface area contributed by atoms with Gasteiger partial charge in [0.25, 0.3) is 5.91 Å². The standard InChI is InChI=1S/C11H13Br2NO/c1-7-3-4-9(13)5-10(7)11(15)14-6-8(2)12/h3-5,8H,6H2,1-2H3,(H,14,15). The Labute approximate surface area is 107 Å². The minimum atomic E-state index is -0.0277. The molecule has 0 saturated heterocycles. The first-order chi connectivity index (χ1) is 7.00. The van der Waals surface area contributed by atoms with Gasteiger partial charge in [0.05, 0.1) is 0 Å². The summed E-state index contributed by atoms with van der Waals surface area (Å²) in [5.74, 6) is -0.0277. The number of hydrogen-bond donors (Lipinski definition) is 1. The molecular weight excluding hydrogens is 322 g/mol. The topological polar surface area (TPSA) is 29.1 Å². The monoisotopic (exact) mass is 333 g/mol. The van der Waals surface area contributed by atoms with Crippen LogP contribution in [0.3, 0.4) is 0 Å². The van der Waals surface area contributed by atoms with Crippen LogP contribution in [0.1, 0.15) is 22.8 Å². The lowest BCUT2D eigenvalue weighted by Gasteiger charge is -2.09. The van der Waals surface area contributed by atoms with Crippen LogP contribution in [0.25, 0.3) is 0 Å². The highest BCUT2D eigenvalue weighted by Gasteiger charge is 2.09. The molecule has 0 aliphatic heterocycles. The summed E-state index contributed by atoms with van der Waals surface area (Å²) in [6.45, 7) is 4.55. The number of rotatable bonds is 3. The molecule has 0 fully saturated rings. The third-order valence-corrected chi connectivity index (χ3v) is 2.81. The Morgan fingerprint density at radius 3 is 2.80 bits per heavy atom. The number of halogens is 2. The summed E-state index contributed by atoms with van der Waals surface area (Å²) >= 11 is 6.74. The van der Waals surface area contributed by atoms with Gasteiger partial charge in [0.1, 0.15) is 0 Å². The predicted molar refractivity (Wildman–Crippen MR) is 69.6 cm³/mol. The second-order valence-electron chi connectivity index (χ2n) is 3.45. The first-order valence-electron chi connectivity index (χ1n) is 4.69. The number of hydrogen-bond acceptors (Lipinski definition) is 1. The van der Waals surface area contributed by atoms with Gasteiger partial charge < -0.3 is 5.32 Å². The van der Waals surface area contributed by atoms with E-state index in [1.807, 2.05) is 32.0 Å². The van der Waals surface area contributed by atoms with Gasteiger partial charge in [0, 0.05) is 21.4 Å². The fourth-order valence-electron chi connectivity index (χ4n) is 1.17. The van der Waals surface area contributed by atoms with Crippen molar-refractivity contribution in [1.82, 2.24) is 5.32 Å². The van der Waals surface area contributed by atoms with Gasteiger partial charge in [0.15, 0.2) is 0 Å². The first kappa shape index (κ1) is 12.7. The van der Waals surface area contributed by atoms with Crippen molar-refractivity contribution in [1.29, 1.82) is 0 Å². The van der Waals surface area contributed by atoms with Gasteiger partial charge in [-0.15, -0.1) is 0 Å². The maximum atomic E-state index is 11.8. The lowest BCUT2D eigenvalue weighted by molar-refractivity contribution is 0.0953. The molecular formula is C11H13Br2NO. The quantitative estimate of drug-likeness (QED) is 0.844. The molecule has 0 bridgehead atoms. The molecule has 1 atom stereocenters. The van der Waals surface area contributed by atoms with E-state index >= 15 is 0 Å². The normalized spacial score (nSPS) is 12.3. The van der Waals surface area contributed by atoms with Gasteiger partial charge in [-0.3, -0.25) is 4.79 Å². The van der Waals surface area contributed by atoms with Crippen molar-refractivity contribution < 1.29 is 4.79 Å². The van der Waals surface area contributed by atoms with Crippen LogP contribution in [0.4, 0.5) is 0 Å². The van der Waals surface area contributed by atoms with E-state index in [-0.39, 0.29) is 10.7 Å². The molecule has 0 radical (unpaired) electrons. The maximum absolute atomic E-state index is 11.8. The summed E-state index contributed by atoms with van der Waals surface area (Å²) in [6, 6.07) is 5.69. The zero-order valence-corrected chi connectivity index (χ0v) is 11.9. The molecule has 1 rings (SSSR count). The van der Waals surface area contributed by atoms with Crippen molar-refractivity contribution in [2.24, 2.45) is 0 Å². The molecule has 1 amide bonds. The highest BCUT2D eigenvalue weighted by molar-refractivity contribution is 9.10. The lowest BCUT2D eigenvalue weighted by Crippen LogP contribution is -2.28. The molecule has 1 aromatic rings. The molecule has 0 saturated carbocycles. The third kappa shape index (κ3) is 3.95. The van der Waals surface area contributed by atoms with E-state index in [1.165, 1.54) is 0 Å². The lowest BCUT2D eigenvalue weighted by atomic mass is 10.1. The summed E-state index contributed by atoms with van der Waals surface area (Å²) in [5, 5.41) is 2.86. The van der Waals surface area contributed by atoms with Crippen molar-refractivity contribution in [3.8, 4) is 0 Å². The van der Waals surface area contributed by atoms with E-state index in [1.54, 1.807) is 0 Å². The van der Waals surface area contributed by atoms with Gasteiger partial charge in [-0.1, -0.05) is 44.8 Å². The SMILES string of the molecule is Cc1ccc(Br)cc1C(=O)NCC(C)Br. The maximum Gasteiger partial charge on any atom is 0.251 e. The minimum Gasteiger partial charge on any atom is -0.351 e. The smallest absolute Gasteiger partial charge is 0.251 e. The number of alkyl halides is 1. The van der Waals surface area contributed by atoms with Crippen LogP contribution in [0.2, 0.25) is 0 Å². The van der Waals surface area contributed by atoms with Gasteiger partial charge in [-0.05, 0) is 24.6 Å². The Hall–Kier alpha value is -0.350. The molecule has 82 valence electrons.